The molecule has 0 fully saturated rings. The number of anilines is 1. The van der Waals surface area contributed by atoms with Crippen LogP contribution >= 0.6 is 23.1 Å². The Morgan fingerprint density at radius 1 is 1.30 bits per heavy atom. The Balaban J connectivity index is 1.60. The van der Waals surface area contributed by atoms with Crippen LogP contribution in [0.15, 0.2) is 41.0 Å². The number of thiazole rings is 1. The summed E-state index contributed by atoms with van der Waals surface area (Å²) >= 11 is 2.71. The molecule has 10 heteroatoms. The highest BCUT2D eigenvalue weighted by molar-refractivity contribution is 7.99. The van der Waals surface area contributed by atoms with Gasteiger partial charge in [-0.2, -0.15) is 0 Å². The maximum Gasteiger partial charge on any atom is 0.236 e. The molecule has 0 radical (unpaired) electrons. The first-order valence-electron chi connectivity index (χ1n) is 8.21. The number of thioether (sulfide) groups is 1. The van der Waals surface area contributed by atoms with Crippen LogP contribution in [0.25, 0.3) is 0 Å². The molecule has 0 saturated heterocycles. The van der Waals surface area contributed by atoms with E-state index in [1.807, 2.05) is 41.1 Å². The third-order valence-electron chi connectivity index (χ3n) is 3.55. The highest BCUT2D eigenvalue weighted by Gasteiger charge is 2.15. The molecule has 142 valence electrons. The Kier molecular flexibility index (Phi) is 6.66. The molecule has 27 heavy (non-hydrogen) atoms. The Hall–Kier alpha value is -2.59. The minimum absolute atomic E-state index is 0.132. The molecular formula is C17H19N5O3S2. The molecule has 1 amide bonds. The van der Waals surface area contributed by atoms with Gasteiger partial charge in [0.05, 0.1) is 12.9 Å². The largest absolute Gasteiger partial charge is 0.493 e. The molecule has 8 nitrogen and oxygen atoms in total. The van der Waals surface area contributed by atoms with Crippen LogP contribution in [0.2, 0.25) is 0 Å². The summed E-state index contributed by atoms with van der Waals surface area (Å²) in [6.45, 7) is 2.93. The van der Waals surface area contributed by atoms with Crippen LogP contribution in [-0.2, 0) is 17.9 Å². The predicted molar refractivity (Wildman–Crippen MR) is 104 cm³/mol. The number of carbonyl (C=O) groups excluding carboxylic acids is 1. The molecule has 0 unspecified atom stereocenters. The minimum atomic E-state index is -0.132. The van der Waals surface area contributed by atoms with Gasteiger partial charge in [0.25, 0.3) is 0 Å². The van der Waals surface area contributed by atoms with E-state index in [4.69, 9.17) is 9.47 Å². The van der Waals surface area contributed by atoms with E-state index in [-0.39, 0.29) is 18.3 Å². The van der Waals surface area contributed by atoms with Crippen LogP contribution in [0.1, 0.15) is 12.7 Å². The van der Waals surface area contributed by atoms with Crippen molar-refractivity contribution in [1.82, 2.24) is 19.7 Å². The number of para-hydroxylation sites is 2. The Morgan fingerprint density at radius 2 is 2.11 bits per heavy atom. The van der Waals surface area contributed by atoms with Gasteiger partial charge in [-0.1, -0.05) is 23.9 Å². The Bertz CT molecular complexity index is 883. The molecule has 0 aliphatic carbocycles. The molecule has 3 aromatic rings. The third kappa shape index (κ3) is 4.98. The zero-order valence-corrected chi connectivity index (χ0v) is 16.5. The van der Waals surface area contributed by atoms with Gasteiger partial charge in [-0.3, -0.25) is 4.79 Å². The summed E-state index contributed by atoms with van der Waals surface area (Å²) in [6.07, 6.45) is 1.65. The van der Waals surface area contributed by atoms with Crippen molar-refractivity contribution in [3.05, 3.63) is 41.7 Å². The number of amides is 1. The number of aromatic nitrogens is 4. The summed E-state index contributed by atoms with van der Waals surface area (Å²) in [7, 11) is 1.60. The first-order chi connectivity index (χ1) is 13.2. The molecule has 2 aromatic heterocycles. The van der Waals surface area contributed by atoms with Gasteiger partial charge >= 0.3 is 0 Å². The van der Waals surface area contributed by atoms with Gasteiger partial charge in [-0.05, 0) is 19.1 Å². The molecular weight excluding hydrogens is 386 g/mol. The van der Waals surface area contributed by atoms with E-state index in [0.717, 1.165) is 0 Å². The van der Waals surface area contributed by atoms with Gasteiger partial charge in [0.2, 0.25) is 5.91 Å². The van der Waals surface area contributed by atoms with Crippen molar-refractivity contribution in [2.45, 2.75) is 25.2 Å². The van der Waals surface area contributed by atoms with Crippen molar-refractivity contribution in [3.63, 3.8) is 0 Å². The van der Waals surface area contributed by atoms with E-state index in [1.54, 1.807) is 13.3 Å². The molecule has 0 atom stereocenters. The fraction of sp³-hybridized carbons (Fsp3) is 0.294. The lowest BCUT2D eigenvalue weighted by atomic mass is 10.3. The van der Waals surface area contributed by atoms with Crippen LogP contribution in [0, 0.1) is 0 Å². The summed E-state index contributed by atoms with van der Waals surface area (Å²) in [5.74, 6) is 2.08. The van der Waals surface area contributed by atoms with E-state index in [1.165, 1.54) is 23.1 Å². The monoisotopic (exact) mass is 405 g/mol. The third-order valence-corrected chi connectivity index (χ3v) is 5.20. The molecule has 0 spiro atoms. The molecule has 1 N–H and O–H groups in total. The lowest BCUT2D eigenvalue weighted by Crippen LogP contribution is -2.14. The van der Waals surface area contributed by atoms with Crippen molar-refractivity contribution >= 4 is 34.1 Å². The summed E-state index contributed by atoms with van der Waals surface area (Å²) in [5, 5.41) is 14.2. The first kappa shape index (κ1) is 19.2. The van der Waals surface area contributed by atoms with Gasteiger partial charge in [0.1, 0.15) is 6.61 Å². The van der Waals surface area contributed by atoms with Crippen LogP contribution in [0.4, 0.5) is 5.13 Å². The van der Waals surface area contributed by atoms with Crippen LogP contribution in [-0.4, -0.2) is 38.5 Å². The normalized spacial score (nSPS) is 10.6. The Morgan fingerprint density at radius 3 is 2.81 bits per heavy atom. The quantitative estimate of drug-likeness (QED) is 0.547. The number of benzene rings is 1. The smallest absolute Gasteiger partial charge is 0.236 e. The molecule has 0 bridgehead atoms. The van der Waals surface area contributed by atoms with E-state index in [2.05, 4.69) is 20.5 Å². The topological polar surface area (TPSA) is 91.2 Å². The standard InChI is InChI=1S/C17H19N5O3S2/c1-3-22-14(10-25-13-7-5-4-6-12(13)24-2)20-21-17(22)27-11-15(23)19-16-18-8-9-26-16/h4-9H,3,10-11H2,1-2H3,(H,18,19,23). The average Bonchev–Trinajstić information content (AvgIpc) is 3.34. The van der Waals surface area contributed by atoms with E-state index in [0.29, 0.717) is 34.2 Å². The van der Waals surface area contributed by atoms with E-state index >= 15 is 0 Å². The number of methoxy groups -OCH3 is 1. The second-order valence-electron chi connectivity index (χ2n) is 5.26. The van der Waals surface area contributed by atoms with Crippen molar-refractivity contribution in [1.29, 1.82) is 0 Å². The number of rotatable bonds is 9. The SMILES string of the molecule is CCn1c(COc2ccccc2OC)nnc1SCC(=O)Nc1nccs1. The minimum Gasteiger partial charge on any atom is -0.493 e. The number of hydrogen-bond donors (Lipinski definition) is 1. The maximum absolute atomic E-state index is 12.0. The van der Waals surface area contributed by atoms with Gasteiger partial charge in [0.15, 0.2) is 27.6 Å². The molecule has 2 heterocycles. The fourth-order valence-corrected chi connectivity index (χ4v) is 3.67. The number of nitrogens with one attached hydrogen (secondary N) is 1. The molecule has 3 rings (SSSR count). The second-order valence-corrected chi connectivity index (χ2v) is 7.09. The van der Waals surface area contributed by atoms with Gasteiger partial charge in [-0.15, -0.1) is 21.5 Å². The number of nitrogens with zero attached hydrogens (tertiary/aromatic N) is 4. The van der Waals surface area contributed by atoms with Gasteiger partial charge in [0, 0.05) is 18.1 Å². The summed E-state index contributed by atoms with van der Waals surface area (Å²) in [5.41, 5.74) is 0. The first-order valence-corrected chi connectivity index (χ1v) is 10.1. The maximum atomic E-state index is 12.0. The van der Waals surface area contributed by atoms with Crippen molar-refractivity contribution in [2.24, 2.45) is 0 Å². The lowest BCUT2D eigenvalue weighted by molar-refractivity contribution is -0.113. The van der Waals surface area contributed by atoms with Crippen LogP contribution in [0.5, 0.6) is 11.5 Å². The summed E-state index contributed by atoms with van der Waals surface area (Å²) in [6, 6.07) is 7.43. The Labute approximate surface area is 164 Å². The zero-order chi connectivity index (χ0) is 19.1. The summed E-state index contributed by atoms with van der Waals surface area (Å²) in [4.78, 5) is 16.0. The fourth-order valence-electron chi connectivity index (χ4n) is 2.30. The highest BCUT2D eigenvalue weighted by Crippen LogP contribution is 2.27. The predicted octanol–water partition coefficient (Wildman–Crippen LogP) is 3.07. The van der Waals surface area contributed by atoms with Gasteiger partial charge in [-0.25, -0.2) is 4.98 Å². The summed E-state index contributed by atoms with van der Waals surface area (Å²) < 4.78 is 13.0. The lowest BCUT2D eigenvalue weighted by Gasteiger charge is -2.11. The molecule has 0 saturated carbocycles. The van der Waals surface area contributed by atoms with E-state index < -0.39 is 0 Å². The van der Waals surface area contributed by atoms with Crippen LogP contribution < -0.4 is 14.8 Å². The van der Waals surface area contributed by atoms with E-state index in [9.17, 15) is 4.79 Å². The average molecular weight is 406 g/mol. The van der Waals surface area contributed by atoms with Gasteiger partial charge < -0.3 is 19.4 Å². The number of ether oxygens (including phenoxy) is 2. The van der Waals surface area contributed by atoms with Crippen molar-refractivity contribution < 1.29 is 14.3 Å². The zero-order valence-electron chi connectivity index (χ0n) is 14.9. The second kappa shape index (κ2) is 9.38. The molecule has 0 aliphatic rings. The van der Waals surface area contributed by atoms with Crippen LogP contribution in [0.3, 0.4) is 0 Å². The van der Waals surface area contributed by atoms with Crippen molar-refractivity contribution in [2.75, 3.05) is 18.2 Å². The number of hydrogen-bond acceptors (Lipinski definition) is 8. The molecule has 1 aromatic carbocycles. The molecule has 0 aliphatic heterocycles. The highest BCUT2D eigenvalue weighted by atomic mass is 32.2. The van der Waals surface area contributed by atoms with Crippen molar-refractivity contribution in [3.8, 4) is 11.5 Å². The number of carbonyl (C=O) groups is 1.